The van der Waals surface area contributed by atoms with Crippen LogP contribution in [0.1, 0.15) is 88.8 Å². The van der Waals surface area contributed by atoms with Crippen molar-refractivity contribution in [3.63, 3.8) is 0 Å². The van der Waals surface area contributed by atoms with Crippen molar-refractivity contribution in [2.24, 2.45) is 11.3 Å². The van der Waals surface area contributed by atoms with Gasteiger partial charge in [0.15, 0.2) is 11.7 Å². The minimum Gasteiger partial charge on any atom is -0.462 e. The van der Waals surface area contributed by atoms with Crippen LogP contribution in [0.3, 0.4) is 0 Å². The van der Waals surface area contributed by atoms with E-state index >= 15 is 0 Å². The molecule has 0 unspecified atom stereocenters. The quantitative estimate of drug-likeness (QED) is 0.311. The molecule has 1 aliphatic carbocycles. The van der Waals surface area contributed by atoms with Crippen LogP contribution in [-0.4, -0.2) is 34.4 Å². The van der Waals surface area contributed by atoms with E-state index in [0.717, 1.165) is 32.8 Å². The fourth-order valence-corrected chi connectivity index (χ4v) is 7.46. The number of anilines is 2. The van der Waals surface area contributed by atoms with Crippen molar-refractivity contribution in [2.45, 2.75) is 71.6 Å². The van der Waals surface area contributed by atoms with Gasteiger partial charge in [-0.05, 0) is 54.5 Å². The third-order valence-electron chi connectivity index (χ3n) is 7.51. The van der Waals surface area contributed by atoms with Gasteiger partial charge in [0.1, 0.15) is 10.8 Å². The molecule has 2 N–H and O–H groups in total. The molecular formula is C27H31F3N4O3S2. The number of fused-ring (bicyclic) bond motifs is 2. The van der Waals surface area contributed by atoms with Crippen molar-refractivity contribution in [2.75, 3.05) is 17.2 Å². The van der Waals surface area contributed by atoms with Crippen LogP contribution >= 0.6 is 22.7 Å². The Balaban J connectivity index is 1.45. The van der Waals surface area contributed by atoms with E-state index in [2.05, 4.69) is 36.5 Å². The maximum absolute atomic E-state index is 14.0. The summed E-state index contributed by atoms with van der Waals surface area (Å²) < 4.78 is 48.2. The number of ether oxygens (including phenoxy) is 1. The number of carbonyl (C=O) groups excluding carboxylic acids is 2. The number of thiophene rings is 2. The Bertz CT molecular complexity index is 1370. The molecule has 12 heteroatoms. The van der Waals surface area contributed by atoms with Gasteiger partial charge in [-0.1, -0.05) is 26.8 Å². The summed E-state index contributed by atoms with van der Waals surface area (Å²) in [6.45, 7) is 8.48. The third kappa shape index (κ3) is 5.45. The summed E-state index contributed by atoms with van der Waals surface area (Å²) in [4.78, 5) is 28.1. The van der Waals surface area contributed by atoms with E-state index in [9.17, 15) is 22.8 Å². The molecule has 210 valence electrons. The van der Waals surface area contributed by atoms with E-state index in [1.54, 1.807) is 19.1 Å². The molecule has 0 aromatic carbocycles. The standard InChI is InChI=1S/C27H31F3N4O3S2/c1-5-37-25(36)22-15-9-8-14(26(2,3)4)11-19(15)39-24(22)32-23(35)17-13-21-31-16(18-7-6-10-38-18)12-20(27(28,29)30)34(21)33-17/h6-7,10,13-14,16,20,31H,5,8-9,11-12H2,1-4H3,(H,32,35)/t14-,16-,20-/m0/s1. The highest BCUT2D eigenvalue weighted by Crippen LogP contribution is 2.46. The Morgan fingerprint density at radius 2 is 2.05 bits per heavy atom. The molecule has 1 amide bonds. The lowest BCUT2D eigenvalue weighted by molar-refractivity contribution is -0.173. The minimum absolute atomic E-state index is 0.0910. The van der Waals surface area contributed by atoms with Gasteiger partial charge < -0.3 is 15.4 Å². The Morgan fingerprint density at radius 3 is 2.69 bits per heavy atom. The van der Waals surface area contributed by atoms with Crippen molar-refractivity contribution in [3.8, 4) is 0 Å². The normalized spacial score (nSPS) is 21.1. The summed E-state index contributed by atoms with van der Waals surface area (Å²) in [5.74, 6) is -0.648. The molecule has 0 fully saturated rings. The number of aromatic nitrogens is 2. The zero-order valence-electron chi connectivity index (χ0n) is 22.1. The van der Waals surface area contributed by atoms with Gasteiger partial charge in [-0.2, -0.15) is 18.3 Å². The molecule has 39 heavy (non-hydrogen) atoms. The van der Waals surface area contributed by atoms with Crippen LogP contribution in [0, 0.1) is 11.3 Å². The number of alkyl halides is 3. The Morgan fingerprint density at radius 1 is 1.28 bits per heavy atom. The van der Waals surface area contributed by atoms with Gasteiger partial charge in [0, 0.05) is 22.2 Å². The van der Waals surface area contributed by atoms with Crippen LogP contribution in [0.25, 0.3) is 0 Å². The summed E-state index contributed by atoms with van der Waals surface area (Å²) in [6.07, 6.45) is -2.39. The number of amides is 1. The fraction of sp³-hybridized carbons (Fsp3) is 0.519. The molecule has 0 saturated heterocycles. The van der Waals surface area contributed by atoms with Crippen LogP contribution < -0.4 is 10.6 Å². The minimum atomic E-state index is -4.54. The number of hydrogen-bond donors (Lipinski definition) is 2. The molecule has 3 atom stereocenters. The second kappa shape index (κ2) is 10.3. The monoisotopic (exact) mass is 580 g/mol. The number of carbonyl (C=O) groups is 2. The Hall–Kier alpha value is -2.86. The highest BCUT2D eigenvalue weighted by atomic mass is 32.1. The lowest BCUT2D eigenvalue weighted by Crippen LogP contribution is -2.35. The van der Waals surface area contributed by atoms with E-state index < -0.39 is 30.1 Å². The zero-order valence-corrected chi connectivity index (χ0v) is 23.8. The van der Waals surface area contributed by atoms with Crippen molar-refractivity contribution < 1.29 is 27.5 Å². The van der Waals surface area contributed by atoms with Crippen molar-refractivity contribution in [1.29, 1.82) is 0 Å². The van der Waals surface area contributed by atoms with Crippen LogP contribution in [0.2, 0.25) is 0 Å². The number of hydrogen-bond acceptors (Lipinski definition) is 7. The molecule has 3 aromatic heterocycles. The second-order valence-corrected chi connectivity index (χ2v) is 13.1. The Labute approximate surface area is 232 Å². The topological polar surface area (TPSA) is 85.2 Å². The van der Waals surface area contributed by atoms with E-state index in [-0.39, 0.29) is 30.0 Å². The first-order chi connectivity index (χ1) is 18.4. The van der Waals surface area contributed by atoms with Crippen LogP contribution in [0.5, 0.6) is 0 Å². The predicted octanol–water partition coefficient (Wildman–Crippen LogP) is 7.25. The van der Waals surface area contributed by atoms with Gasteiger partial charge in [0.2, 0.25) is 0 Å². The molecular weight excluding hydrogens is 549 g/mol. The van der Waals surface area contributed by atoms with E-state index in [0.29, 0.717) is 22.9 Å². The SMILES string of the molecule is CCOC(=O)c1c(NC(=O)c2cc3n(n2)[C@H](C(F)(F)F)C[C@@H](c2cccs2)N3)sc2c1CC[C@H](C(C)(C)C)C2. The van der Waals surface area contributed by atoms with E-state index in [1.165, 1.54) is 28.7 Å². The number of nitrogens with one attached hydrogen (secondary N) is 2. The third-order valence-corrected chi connectivity index (χ3v) is 9.66. The molecule has 2 aliphatic rings. The zero-order chi connectivity index (χ0) is 28.1. The number of esters is 1. The fourth-order valence-electron chi connectivity index (χ4n) is 5.36. The number of nitrogens with zero attached hydrogens (tertiary/aromatic N) is 2. The molecule has 1 aliphatic heterocycles. The smallest absolute Gasteiger partial charge is 0.410 e. The van der Waals surface area contributed by atoms with Gasteiger partial charge >= 0.3 is 12.1 Å². The average Bonchev–Trinajstić information content (AvgIpc) is 3.59. The summed E-state index contributed by atoms with van der Waals surface area (Å²) in [5.41, 5.74) is 1.15. The largest absolute Gasteiger partial charge is 0.462 e. The molecule has 7 nitrogen and oxygen atoms in total. The lowest BCUT2D eigenvalue weighted by Gasteiger charge is -2.33. The summed E-state index contributed by atoms with van der Waals surface area (Å²) in [5, 5.41) is 12.1. The molecule has 4 heterocycles. The van der Waals surface area contributed by atoms with Gasteiger partial charge in [-0.3, -0.25) is 4.79 Å². The first-order valence-electron chi connectivity index (χ1n) is 13.0. The number of rotatable bonds is 5. The molecule has 0 bridgehead atoms. The van der Waals surface area contributed by atoms with Crippen LogP contribution in [0.15, 0.2) is 23.6 Å². The van der Waals surface area contributed by atoms with Crippen LogP contribution in [0.4, 0.5) is 24.0 Å². The first kappa shape index (κ1) is 27.7. The first-order valence-corrected chi connectivity index (χ1v) is 14.7. The average molecular weight is 581 g/mol. The summed E-state index contributed by atoms with van der Waals surface area (Å²) in [7, 11) is 0. The van der Waals surface area contributed by atoms with E-state index in [1.807, 2.05) is 5.38 Å². The highest BCUT2D eigenvalue weighted by Gasteiger charge is 2.47. The molecule has 5 rings (SSSR count). The van der Waals surface area contributed by atoms with Gasteiger partial charge in [0.25, 0.3) is 5.91 Å². The van der Waals surface area contributed by atoms with Crippen LogP contribution in [-0.2, 0) is 17.6 Å². The van der Waals surface area contributed by atoms with Crippen molar-refractivity contribution in [1.82, 2.24) is 9.78 Å². The summed E-state index contributed by atoms with van der Waals surface area (Å²) in [6, 6.07) is 2.49. The van der Waals surface area contributed by atoms with Crippen molar-refractivity contribution >= 4 is 45.4 Å². The second-order valence-electron chi connectivity index (χ2n) is 11.1. The van der Waals surface area contributed by atoms with Gasteiger partial charge in [-0.15, -0.1) is 22.7 Å². The highest BCUT2D eigenvalue weighted by molar-refractivity contribution is 7.17. The lowest BCUT2D eigenvalue weighted by atomic mass is 9.72. The molecule has 3 aromatic rings. The number of halogens is 3. The van der Waals surface area contributed by atoms with Crippen molar-refractivity contribution in [3.05, 3.63) is 50.2 Å². The Kier molecular flexibility index (Phi) is 7.30. The molecule has 0 saturated carbocycles. The predicted molar refractivity (Wildman–Crippen MR) is 146 cm³/mol. The van der Waals surface area contributed by atoms with E-state index in [4.69, 9.17) is 4.74 Å². The maximum Gasteiger partial charge on any atom is 0.410 e. The van der Waals surface area contributed by atoms with Gasteiger partial charge in [-0.25, -0.2) is 9.48 Å². The molecule has 0 radical (unpaired) electrons. The molecule has 0 spiro atoms. The van der Waals surface area contributed by atoms with Gasteiger partial charge in [0.05, 0.1) is 18.2 Å². The maximum atomic E-state index is 14.0. The summed E-state index contributed by atoms with van der Waals surface area (Å²) >= 11 is 2.71.